The van der Waals surface area contributed by atoms with E-state index in [1.54, 1.807) is 14.2 Å². The van der Waals surface area contributed by atoms with Crippen LogP contribution in [0.2, 0.25) is 0 Å². The van der Waals surface area contributed by atoms with Crippen molar-refractivity contribution in [3.63, 3.8) is 0 Å². The predicted octanol–water partition coefficient (Wildman–Crippen LogP) is 2.66. The first-order valence-corrected chi connectivity index (χ1v) is 9.20. The van der Waals surface area contributed by atoms with Gasteiger partial charge in [0.05, 0.1) is 31.9 Å². The second kappa shape index (κ2) is 8.69. The van der Waals surface area contributed by atoms with E-state index >= 15 is 0 Å². The topological polar surface area (TPSA) is 40.0 Å². The molecule has 1 unspecified atom stereocenters. The molecule has 0 spiro atoms. The van der Waals surface area contributed by atoms with Crippen molar-refractivity contribution in [2.75, 3.05) is 33.9 Å². The molecule has 4 heteroatoms. The molecule has 1 fully saturated rings. The Morgan fingerprint density at radius 2 is 1.22 bits per heavy atom. The van der Waals surface area contributed by atoms with Crippen LogP contribution in [0.4, 0.5) is 0 Å². The van der Waals surface area contributed by atoms with E-state index in [1.807, 2.05) is 60.7 Å². The van der Waals surface area contributed by atoms with Gasteiger partial charge in [0.25, 0.3) is 0 Å². The number of ether oxygens (including phenoxy) is 2. The zero-order valence-corrected chi connectivity index (χ0v) is 16.1. The molecule has 2 aromatic rings. The first-order chi connectivity index (χ1) is 13.1. The number of carbonyl (C=O) groups excluding carboxylic acids is 1. The van der Waals surface area contributed by atoms with Crippen LogP contribution in [0.25, 0.3) is 12.2 Å². The summed E-state index contributed by atoms with van der Waals surface area (Å²) in [5, 5.41) is 0. The molecular weight excluding hydrogens is 338 g/mol. The van der Waals surface area contributed by atoms with Gasteiger partial charge < -0.3 is 14.4 Å². The minimum atomic E-state index is 0.138. The molecule has 0 bridgehead atoms. The number of nitrogens with one attached hydrogen (secondary N) is 1. The number of piperidine rings is 1. The number of likely N-dealkylation sites (tertiary alicyclic amines) is 1. The van der Waals surface area contributed by atoms with Crippen molar-refractivity contribution in [1.82, 2.24) is 0 Å². The van der Waals surface area contributed by atoms with Gasteiger partial charge in [0.15, 0.2) is 5.78 Å². The zero-order valence-electron chi connectivity index (χ0n) is 16.1. The summed E-state index contributed by atoms with van der Waals surface area (Å²) in [6.45, 7) is 4.64. The number of methoxy groups -OCH3 is 2. The Hall–Kier alpha value is -2.85. The number of rotatable bonds is 5. The highest BCUT2D eigenvalue weighted by Crippen LogP contribution is 2.19. The molecule has 0 aromatic heterocycles. The Kier molecular flexibility index (Phi) is 6.09. The average Bonchev–Trinajstić information content (AvgIpc) is 2.72. The van der Waals surface area contributed by atoms with E-state index in [0.29, 0.717) is 0 Å². The molecule has 2 aromatic carbocycles. The fourth-order valence-corrected chi connectivity index (χ4v) is 3.25. The summed E-state index contributed by atoms with van der Waals surface area (Å²) in [7, 11) is 3.30. The number of hydrogen-bond donors (Lipinski definition) is 1. The lowest BCUT2D eigenvalue weighted by molar-refractivity contribution is -0.889. The van der Waals surface area contributed by atoms with Gasteiger partial charge in [-0.05, 0) is 54.5 Å². The van der Waals surface area contributed by atoms with E-state index in [-0.39, 0.29) is 5.78 Å². The van der Waals surface area contributed by atoms with Crippen LogP contribution in [-0.2, 0) is 4.79 Å². The van der Waals surface area contributed by atoms with Gasteiger partial charge in [-0.3, -0.25) is 4.79 Å². The van der Waals surface area contributed by atoms with Crippen LogP contribution >= 0.6 is 0 Å². The van der Waals surface area contributed by atoms with Crippen molar-refractivity contribution in [3.8, 4) is 11.5 Å². The Bertz CT molecular complexity index is 779. The lowest BCUT2D eigenvalue weighted by Gasteiger charge is -2.25. The van der Waals surface area contributed by atoms with Crippen LogP contribution in [0.5, 0.6) is 11.5 Å². The fourth-order valence-electron chi connectivity index (χ4n) is 3.25. The van der Waals surface area contributed by atoms with Crippen molar-refractivity contribution < 1.29 is 19.2 Å². The highest BCUT2D eigenvalue weighted by Gasteiger charge is 2.28. The average molecular weight is 364 g/mol. The second-order valence-corrected chi connectivity index (χ2v) is 6.67. The summed E-state index contributed by atoms with van der Waals surface area (Å²) in [4.78, 5) is 14.4. The van der Waals surface area contributed by atoms with Crippen molar-refractivity contribution in [3.05, 3.63) is 70.8 Å². The minimum Gasteiger partial charge on any atom is -0.497 e. The summed E-state index contributed by atoms with van der Waals surface area (Å²) < 4.78 is 10.4. The first kappa shape index (κ1) is 18.9. The standard InChI is InChI=1S/C23H25NO3/c1-4-24-15-19(13-17-5-9-21(26-2)10-6-17)23(25)20(16-24)14-18-7-11-22(27-3)12-8-18/h5-14H,4,15-16H2,1-3H3/p+1/b19-13+,20-14?. The van der Waals surface area contributed by atoms with Gasteiger partial charge in [0.2, 0.25) is 0 Å². The Morgan fingerprint density at radius 3 is 1.56 bits per heavy atom. The molecule has 140 valence electrons. The molecule has 1 heterocycles. The molecule has 3 rings (SSSR count). The molecule has 0 saturated carbocycles. The fraction of sp³-hybridized carbons (Fsp3) is 0.261. The van der Waals surface area contributed by atoms with Gasteiger partial charge in [0.1, 0.15) is 24.6 Å². The maximum Gasteiger partial charge on any atom is 0.196 e. The smallest absolute Gasteiger partial charge is 0.196 e. The van der Waals surface area contributed by atoms with E-state index in [1.165, 1.54) is 4.90 Å². The number of likely N-dealkylation sites (N-methyl/N-ethyl adjacent to an activating group) is 1. The largest absolute Gasteiger partial charge is 0.497 e. The van der Waals surface area contributed by atoms with Crippen LogP contribution < -0.4 is 14.4 Å². The van der Waals surface area contributed by atoms with E-state index in [4.69, 9.17) is 9.47 Å². The quantitative estimate of drug-likeness (QED) is 0.829. The SMILES string of the molecule is CC[NH+]1CC(=Cc2ccc(OC)cc2)C(=O)/C(=C/c2ccc(OC)cc2)C1. The molecule has 1 atom stereocenters. The molecule has 1 saturated heterocycles. The summed E-state index contributed by atoms with van der Waals surface area (Å²) in [5.41, 5.74) is 3.73. The van der Waals surface area contributed by atoms with Crippen molar-refractivity contribution in [1.29, 1.82) is 0 Å². The number of carbonyl (C=O) groups is 1. The first-order valence-electron chi connectivity index (χ1n) is 9.20. The van der Waals surface area contributed by atoms with Crippen LogP contribution in [0.15, 0.2) is 59.7 Å². The van der Waals surface area contributed by atoms with Crippen molar-refractivity contribution in [2.45, 2.75) is 6.92 Å². The molecule has 0 aliphatic carbocycles. The number of ketones is 1. The highest BCUT2D eigenvalue weighted by atomic mass is 16.5. The zero-order chi connectivity index (χ0) is 19.2. The van der Waals surface area contributed by atoms with Crippen LogP contribution in [0.3, 0.4) is 0 Å². The summed E-state index contributed by atoms with van der Waals surface area (Å²) >= 11 is 0. The Balaban J connectivity index is 1.89. The monoisotopic (exact) mass is 364 g/mol. The van der Waals surface area contributed by atoms with Gasteiger partial charge >= 0.3 is 0 Å². The van der Waals surface area contributed by atoms with Crippen LogP contribution in [-0.4, -0.2) is 39.6 Å². The van der Waals surface area contributed by atoms with Crippen molar-refractivity contribution >= 4 is 17.9 Å². The maximum atomic E-state index is 13.0. The summed E-state index contributed by atoms with van der Waals surface area (Å²) in [5.74, 6) is 1.76. The lowest BCUT2D eigenvalue weighted by Crippen LogP contribution is -3.13. The molecule has 1 aliphatic rings. The maximum absolute atomic E-state index is 13.0. The van der Waals surface area contributed by atoms with Crippen molar-refractivity contribution in [2.24, 2.45) is 0 Å². The van der Waals surface area contributed by atoms with Gasteiger partial charge in [0, 0.05) is 0 Å². The molecule has 1 N–H and O–H groups in total. The number of Topliss-reactive ketones (excluding diaryl/α,β-unsaturated/α-hetero) is 1. The van der Waals surface area contributed by atoms with Gasteiger partial charge in [-0.1, -0.05) is 24.3 Å². The number of hydrogen-bond acceptors (Lipinski definition) is 3. The third-order valence-electron chi connectivity index (χ3n) is 4.88. The number of quaternary nitrogens is 1. The number of benzene rings is 2. The third kappa shape index (κ3) is 4.66. The van der Waals surface area contributed by atoms with Gasteiger partial charge in [-0.25, -0.2) is 0 Å². The molecule has 4 nitrogen and oxygen atoms in total. The minimum absolute atomic E-state index is 0.138. The molecular formula is C23H26NO3+. The molecule has 1 aliphatic heterocycles. The van der Waals surface area contributed by atoms with E-state index in [0.717, 1.165) is 53.4 Å². The molecule has 0 radical (unpaired) electrons. The molecule has 0 amide bonds. The van der Waals surface area contributed by atoms with E-state index in [2.05, 4.69) is 6.92 Å². The summed E-state index contributed by atoms with van der Waals surface area (Å²) in [6, 6.07) is 15.6. The van der Waals surface area contributed by atoms with E-state index < -0.39 is 0 Å². The second-order valence-electron chi connectivity index (χ2n) is 6.67. The Labute approximate surface area is 160 Å². The highest BCUT2D eigenvalue weighted by molar-refractivity contribution is 6.14. The Morgan fingerprint density at radius 1 is 0.815 bits per heavy atom. The molecule has 27 heavy (non-hydrogen) atoms. The van der Waals surface area contributed by atoms with Gasteiger partial charge in [-0.2, -0.15) is 0 Å². The van der Waals surface area contributed by atoms with E-state index in [9.17, 15) is 4.79 Å². The van der Waals surface area contributed by atoms with Gasteiger partial charge in [-0.15, -0.1) is 0 Å². The normalized spacial score (nSPS) is 20.1. The van der Waals surface area contributed by atoms with Crippen LogP contribution in [0, 0.1) is 0 Å². The summed E-state index contributed by atoms with van der Waals surface area (Å²) in [6.07, 6.45) is 4.00. The van der Waals surface area contributed by atoms with Crippen LogP contribution in [0.1, 0.15) is 18.1 Å². The predicted molar refractivity (Wildman–Crippen MR) is 108 cm³/mol. The third-order valence-corrected chi connectivity index (χ3v) is 4.88. The lowest BCUT2D eigenvalue weighted by atomic mass is 9.94.